The van der Waals surface area contributed by atoms with Gasteiger partial charge in [-0.1, -0.05) is 24.3 Å². The van der Waals surface area contributed by atoms with E-state index in [1.165, 1.54) is 12.1 Å². The number of furan rings is 1. The van der Waals surface area contributed by atoms with Crippen LogP contribution in [0, 0.1) is 6.92 Å². The summed E-state index contributed by atoms with van der Waals surface area (Å²) in [6.07, 6.45) is -3.46. The van der Waals surface area contributed by atoms with Crippen molar-refractivity contribution in [3.05, 3.63) is 64.9 Å². The third-order valence-electron chi connectivity index (χ3n) is 3.96. The lowest BCUT2D eigenvalue weighted by atomic mass is 10.0. The fourth-order valence-corrected chi connectivity index (χ4v) is 2.73. The Balaban J connectivity index is 1.71. The Kier molecular flexibility index (Phi) is 4.63. The Bertz CT molecular complexity index is 957. The number of aryl methyl sites for hydroxylation is 3. The summed E-state index contributed by atoms with van der Waals surface area (Å²) in [5.74, 6) is -1.45. The molecular formula is C19H15F3O4. The summed E-state index contributed by atoms with van der Waals surface area (Å²) in [4.78, 5) is 10.9. The number of aromatic carboxylic acids is 1. The zero-order valence-electron chi connectivity index (χ0n) is 13.8. The Morgan fingerprint density at radius 1 is 1.08 bits per heavy atom. The van der Waals surface area contributed by atoms with Crippen molar-refractivity contribution in [2.45, 2.75) is 26.1 Å². The van der Waals surface area contributed by atoms with Crippen molar-refractivity contribution < 1.29 is 32.2 Å². The number of fused-ring (bicyclic) bond motifs is 1. The number of alkyl halides is 3. The minimum Gasteiger partial charge on any atom is -0.475 e. The molecule has 7 heteroatoms. The maximum Gasteiger partial charge on any atom is 0.573 e. The molecule has 0 saturated carbocycles. The van der Waals surface area contributed by atoms with E-state index in [-0.39, 0.29) is 11.5 Å². The van der Waals surface area contributed by atoms with E-state index in [1.807, 2.05) is 6.07 Å². The number of ether oxygens (including phenoxy) is 1. The average molecular weight is 364 g/mol. The van der Waals surface area contributed by atoms with Crippen LogP contribution < -0.4 is 4.74 Å². The second kappa shape index (κ2) is 6.74. The third-order valence-corrected chi connectivity index (χ3v) is 3.96. The summed E-state index contributed by atoms with van der Waals surface area (Å²) >= 11 is 0. The molecule has 0 aliphatic carbocycles. The van der Waals surface area contributed by atoms with Gasteiger partial charge in [0.25, 0.3) is 0 Å². The molecule has 0 radical (unpaired) electrons. The van der Waals surface area contributed by atoms with Crippen molar-refractivity contribution in [3.63, 3.8) is 0 Å². The lowest BCUT2D eigenvalue weighted by molar-refractivity contribution is -0.274. The lowest BCUT2D eigenvalue weighted by Gasteiger charge is -2.12. The molecule has 4 nitrogen and oxygen atoms in total. The molecule has 0 amide bonds. The van der Waals surface area contributed by atoms with E-state index in [0.717, 1.165) is 11.1 Å². The van der Waals surface area contributed by atoms with Gasteiger partial charge in [-0.2, -0.15) is 0 Å². The maximum atomic E-state index is 12.3. The molecule has 2 aromatic carbocycles. The highest BCUT2D eigenvalue weighted by molar-refractivity contribution is 5.91. The largest absolute Gasteiger partial charge is 0.573 e. The number of rotatable bonds is 5. The number of carbonyl (C=O) groups is 1. The van der Waals surface area contributed by atoms with Crippen molar-refractivity contribution in [2.24, 2.45) is 0 Å². The van der Waals surface area contributed by atoms with E-state index in [9.17, 15) is 18.0 Å². The van der Waals surface area contributed by atoms with Crippen molar-refractivity contribution in [2.75, 3.05) is 0 Å². The lowest BCUT2D eigenvalue weighted by Crippen LogP contribution is -2.17. The first-order valence-electron chi connectivity index (χ1n) is 7.82. The fourth-order valence-electron chi connectivity index (χ4n) is 2.73. The van der Waals surface area contributed by atoms with Crippen molar-refractivity contribution in [1.82, 2.24) is 0 Å². The predicted molar refractivity (Wildman–Crippen MR) is 88.4 cm³/mol. The van der Waals surface area contributed by atoms with Gasteiger partial charge in [-0.25, -0.2) is 4.79 Å². The molecule has 1 aromatic heterocycles. The molecule has 0 unspecified atom stereocenters. The van der Waals surface area contributed by atoms with Crippen LogP contribution in [0.4, 0.5) is 13.2 Å². The smallest absolute Gasteiger partial charge is 0.475 e. The van der Waals surface area contributed by atoms with Gasteiger partial charge in [-0.15, -0.1) is 13.2 Å². The molecular weight excluding hydrogens is 349 g/mol. The molecule has 0 atom stereocenters. The van der Waals surface area contributed by atoms with Crippen LogP contribution in [-0.4, -0.2) is 17.4 Å². The number of hydrogen-bond acceptors (Lipinski definition) is 3. The summed E-state index contributed by atoms with van der Waals surface area (Å²) in [7, 11) is 0. The van der Waals surface area contributed by atoms with Gasteiger partial charge in [-0.3, -0.25) is 0 Å². The Morgan fingerprint density at radius 2 is 1.73 bits per heavy atom. The second-order valence-corrected chi connectivity index (χ2v) is 5.94. The molecule has 0 fully saturated rings. The van der Waals surface area contributed by atoms with Gasteiger partial charge in [0, 0.05) is 5.39 Å². The van der Waals surface area contributed by atoms with E-state index in [0.29, 0.717) is 29.4 Å². The third kappa shape index (κ3) is 4.17. The van der Waals surface area contributed by atoms with Crippen molar-refractivity contribution in [1.29, 1.82) is 0 Å². The van der Waals surface area contributed by atoms with Gasteiger partial charge >= 0.3 is 12.3 Å². The van der Waals surface area contributed by atoms with Crippen LogP contribution in [0.2, 0.25) is 0 Å². The molecule has 0 saturated heterocycles. The minimum absolute atomic E-state index is 0.118. The minimum atomic E-state index is -4.71. The van der Waals surface area contributed by atoms with Gasteiger partial charge in [0.2, 0.25) is 5.76 Å². The molecule has 1 N–H and O–H groups in total. The molecule has 0 aliphatic rings. The number of carboxylic acids is 1. The van der Waals surface area contributed by atoms with Crippen LogP contribution in [0.25, 0.3) is 11.0 Å². The highest BCUT2D eigenvalue weighted by Crippen LogP contribution is 2.27. The van der Waals surface area contributed by atoms with Crippen LogP contribution >= 0.6 is 0 Å². The fraction of sp³-hybridized carbons (Fsp3) is 0.211. The zero-order chi connectivity index (χ0) is 18.9. The summed E-state index contributed by atoms with van der Waals surface area (Å²) in [6, 6.07) is 11.5. The zero-order valence-corrected chi connectivity index (χ0v) is 13.8. The number of carboxylic acid groups (broad SMARTS) is 1. The maximum absolute atomic E-state index is 12.3. The molecule has 0 aliphatic heterocycles. The summed E-state index contributed by atoms with van der Waals surface area (Å²) in [6.45, 7) is 1.56. The summed E-state index contributed by atoms with van der Waals surface area (Å²) in [5, 5.41) is 9.66. The first kappa shape index (κ1) is 17.8. The monoisotopic (exact) mass is 364 g/mol. The van der Waals surface area contributed by atoms with Crippen LogP contribution in [0.5, 0.6) is 5.75 Å². The van der Waals surface area contributed by atoms with Crippen molar-refractivity contribution >= 4 is 16.9 Å². The first-order chi connectivity index (χ1) is 12.2. The topological polar surface area (TPSA) is 59.7 Å². The second-order valence-electron chi connectivity index (χ2n) is 5.94. The van der Waals surface area contributed by atoms with Crippen LogP contribution in [0.15, 0.2) is 46.9 Å². The number of halogens is 3. The summed E-state index contributed by atoms with van der Waals surface area (Å²) < 4.78 is 46.1. The molecule has 0 bridgehead atoms. The van der Waals surface area contributed by atoms with E-state index in [2.05, 4.69) is 4.74 Å². The van der Waals surface area contributed by atoms with E-state index >= 15 is 0 Å². The van der Waals surface area contributed by atoms with Gasteiger partial charge in [0.1, 0.15) is 11.3 Å². The van der Waals surface area contributed by atoms with Gasteiger partial charge in [-0.05, 0) is 54.7 Å². The Hall–Kier alpha value is -2.96. The van der Waals surface area contributed by atoms with Gasteiger partial charge in [0.05, 0.1) is 0 Å². The molecule has 26 heavy (non-hydrogen) atoms. The average Bonchev–Trinajstić information content (AvgIpc) is 2.97. The molecule has 136 valence electrons. The highest BCUT2D eigenvalue weighted by Gasteiger charge is 2.31. The first-order valence-corrected chi connectivity index (χ1v) is 7.82. The standard InChI is InChI=1S/C19H15F3O4/c1-11-8-12(5-7-15(11)26-19(20,21)22)2-3-13-4-6-14-10-17(18(23)24)25-16(14)9-13/h4-10H,2-3H2,1H3,(H,23,24). The Morgan fingerprint density at radius 3 is 2.35 bits per heavy atom. The predicted octanol–water partition coefficient (Wildman–Crippen LogP) is 5.12. The van der Waals surface area contributed by atoms with Gasteiger partial charge < -0.3 is 14.3 Å². The van der Waals surface area contributed by atoms with E-state index < -0.39 is 12.3 Å². The Labute approximate surface area is 146 Å². The molecule has 1 heterocycles. The normalized spacial score (nSPS) is 11.7. The van der Waals surface area contributed by atoms with Gasteiger partial charge in [0.15, 0.2) is 0 Å². The van der Waals surface area contributed by atoms with E-state index in [4.69, 9.17) is 9.52 Å². The van der Waals surface area contributed by atoms with Crippen LogP contribution in [0.1, 0.15) is 27.2 Å². The molecule has 3 rings (SSSR count). The summed E-state index contributed by atoms with van der Waals surface area (Å²) in [5.41, 5.74) is 2.72. The SMILES string of the molecule is Cc1cc(CCc2ccc3cc(C(=O)O)oc3c2)ccc1OC(F)(F)F. The van der Waals surface area contributed by atoms with Crippen LogP contribution in [0.3, 0.4) is 0 Å². The highest BCUT2D eigenvalue weighted by atomic mass is 19.4. The quantitative estimate of drug-likeness (QED) is 0.682. The van der Waals surface area contributed by atoms with E-state index in [1.54, 1.807) is 31.2 Å². The molecule has 3 aromatic rings. The number of benzene rings is 2. The molecule has 0 spiro atoms. The number of hydrogen-bond donors (Lipinski definition) is 1. The van der Waals surface area contributed by atoms with Crippen molar-refractivity contribution in [3.8, 4) is 5.75 Å². The van der Waals surface area contributed by atoms with Crippen LogP contribution in [-0.2, 0) is 12.8 Å².